The van der Waals surface area contributed by atoms with Gasteiger partial charge in [0, 0.05) is 29.9 Å². The zero-order valence-electron chi connectivity index (χ0n) is 13.4. The van der Waals surface area contributed by atoms with E-state index in [4.69, 9.17) is 0 Å². The Balaban J connectivity index is 1.66. The number of para-hydroxylation sites is 1. The van der Waals surface area contributed by atoms with Crippen LogP contribution < -0.4 is 10.2 Å². The second kappa shape index (κ2) is 6.66. The van der Waals surface area contributed by atoms with Crippen LogP contribution >= 0.6 is 0 Å². The lowest BCUT2D eigenvalue weighted by Gasteiger charge is -2.16. The first kappa shape index (κ1) is 15.9. The third-order valence-corrected chi connectivity index (χ3v) is 4.12. The van der Waals surface area contributed by atoms with Gasteiger partial charge in [0.2, 0.25) is 11.8 Å². The molecule has 3 rings (SSSR count). The van der Waals surface area contributed by atoms with Gasteiger partial charge in [-0.25, -0.2) is 0 Å². The molecule has 2 aromatic rings. The summed E-state index contributed by atoms with van der Waals surface area (Å²) in [5.74, 6) is -0.636. The highest BCUT2D eigenvalue weighted by molar-refractivity contribution is 6.03. The van der Waals surface area contributed by atoms with Crippen molar-refractivity contribution in [2.24, 2.45) is 5.92 Å². The quantitative estimate of drug-likeness (QED) is 0.880. The van der Waals surface area contributed by atoms with E-state index in [1.165, 1.54) is 6.92 Å². The van der Waals surface area contributed by atoms with Crippen LogP contribution in [0.4, 0.5) is 11.4 Å². The lowest BCUT2D eigenvalue weighted by Crippen LogP contribution is -2.28. The van der Waals surface area contributed by atoms with Gasteiger partial charge in [0.15, 0.2) is 5.78 Å². The molecule has 2 amide bonds. The van der Waals surface area contributed by atoms with E-state index in [0.717, 1.165) is 5.69 Å². The molecule has 0 aromatic heterocycles. The molecule has 1 heterocycles. The second-order valence-corrected chi connectivity index (χ2v) is 5.86. The number of hydrogen-bond donors (Lipinski definition) is 1. The molecule has 1 fully saturated rings. The first-order chi connectivity index (χ1) is 11.5. The predicted octanol–water partition coefficient (Wildman–Crippen LogP) is 2.88. The molecule has 0 saturated carbocycles. The number of benzene rings is 2. The fourth-order valence-corrected chi connectivity index (χ4v) is 2.77. The lowest BCUT2D eigenvalue weighted by atomic mass is 10.1. The van der Waals surface area contributed by atoms with Crippen molar-refractivity contribution in [2.75, 3.05) is 16.8 Å². The van der Waals surface area contributed by atoms with E-state index in [1.54, 1.807) is 29.2 Å². The van der Waals surface area contributed by atoms with Crippen LogP contribution in [0.3, 0.4) is 0 Å². The van der Waals surface area contributed by atoms with Gasteiger partial charge in [-0.2, -0.15) is 0 Å². The fraction of sp³-hybridized carbons (Fsp3) is 0.211. The van der Waals surface area contributed by atoms with Crippen molar-refractivity contribution in [1.82, 2.24) is 0 Å². The zero-order chi connectivity index (χ0) is 17.1. The van der Waals surface area contributed by atoms with E-state index < -0.39 is 0 Å². The van der Waals surface area contributed by atoms with Crippen LogP contribution in [0.25, 0.3) is 0 Å². The van der Waals surface area contributed by atoms with Crippen molar-refractivity contribution < 1.29 is 14.4 Å². The van der Waals surface area contributed by atoms with Gasteiger partial charge in [-0.05, 0) is 43.3 Å². The summed E-state index contributed by atoms with van der Waals surface area (Å²) in [6.07, 6.45) is 0.201. The summed E-state index contributed by atoms with van der Waals surface area (Å²) in [7, 11) is 0. The topological polar surface area (TPSA) is 66.5 Å². The molecule has 122 valence electrons. The highest BCUT2D eigenvalue weighted by Crippen LogP contribution is 2.25. The number of nitrogens with one attached hydrogen (secondary N) is 1. The Morgan fingerprint density at radius 3 is 2.33 bits per heavy atom. The number of nitrogens with zero attached hydrogens (tertiary/aromatic N) is 1. The van der Waals surface area contributed by atoms with Gasteiger partial charge in [-0.3, -0.25) is 14.4 Å². The Hall–Kier alpha value is -2.95. The van der Waals surface area contributed by atoms with Crippen LogP contribution in [-0.2, 0) is 9.59 Å². The smallest absolute Gasteiger partial charge is 0.229 e. The summed E-state index contributed by atoms with van der Waals surface area (Å²) in [6.45, 7) is 1.87. The Kier molecular flexibility index (Phi) is 4.42. The van der Waals surface area contributed by atoms with Crippen LogP contribution in [0.15, 0.2) is 54.6 Å². The Labute approximate surface area is 140 Å². The summed E-state index contributed by atoms with van der Waals surface area (Å²) in [4.78, 5) is 37.5. The van der Waals surface area contributed by atoms with E-state index in [1.807, 2.05) is 30.3 Å². The SMILES string of the molecule is CC(=O)c1ccc(NC(=O)[C@@H]2CC(=O)N(c3ccccc3)C2)cc1. The summed E-state index contributed by atoms with van der Waals surface area (Å²) < 4.78 is 0. The maximum absolute atomic E-state index is 12.4. The molecule has 0 bridgehead atoms. The molecule has 0 unspecified atom stereocenters. The van der Waals surface area contributed by atoms with E-state index in [2.05, 4.69) is 5.32 Å². The number of amides is 2. The van der Waals surface area contributed by atoms with Gasteiger partial charge < -0.3 is 10.2 Å². The molecule has 5 nitrogen and oxygen atoms in total. The molecule has 1 aliphatic rings. The molecule has 1 aliphatic heterocycles. The van der Waals surface area contributed by atoms with E-state index in [0.29, 0.717) is 17.8 Å². The Morgan fingerprint density at radius 1 is 1.04 bits per heavy atom. The maximum Gasteiger partial charge on any atom is 0.229 e. The van der Waals surface area contributed by atoms with Crippen molar-refractivity contribution >= 4 is 29.0 Å². The van der Waals surface area contributed by atoms with Crippen LogP contribution in [0.5, 0.6) is 0 Å². The monoisotopic (exact) mass is 322 g/mol. The summed E-state index contributed by atoms with van der Waals surface area (Å²) in [5.41, 5.74) is 2.03. The second-order valence-electron chi connectivity index (χ2n) is 5.86. The molecule has 0 radical (unpaired) electrons. The number of anilines is 2. The molecule has 0 aliphatic carbocycles. The van der Waals surface area contributed by atoms with E-state index in [9.17, 15) is 14.4 Å². The van der Waals surface area contributed by atoms with Gasteiger partial charge in [0.1, 0.15) is 0 Å². The number of Topliss-reactive ketones (excluding diaryl/α,β-unsaturated/α-hetero) is 1. The molecular weight excluding hydrogens is 304 g/mol. The molecule has 1 saturated heterocycles. The van der Waals surface area contributed by atoms with Gasteiger partial charge in [-0.1, -0.05) is 18.2 Å². The Morgan fingerprint density at radius 2 is 1.71 bits per heavy atom. The van der Waals surface area contributed by atoms with Crippen molar-refractivity contribution in [3.8, 4) is 0 Å². The highest BCUT2D eigenvalue weighted by Gasteiger charge is 2.35. The van der Waals surface area contributed by atoms with Crippen LogP contribution in [-0.4, -0.2) is 24.1 Å². The lowest BCUT2D eigenvalue weighted by molar-refractivity contribution is -0.122. The van der Waals surface area contributed by atoms with Gasteiger partial charge in [0.25, 0.3) is 0 Å². The van der Waals surface area contributed by atoms with Crippen LogP contribution in [0.1, 0.15) is 23.7 Å². The number of carbonyl (C=O) groups excluding carboxylic acids is 3. The number of ketones is 1. The standard InChI is InChI=1S/C19H18N2O3/c1-13(22)14-7-9-16(10-8-14)20-19(24)15-11-18(23)21(12-15)17-5-3-2-4-6-17/h2-10,15H,11-12H2,1H3,(H,20,24)/t15-/m1/s1. The average Bonchev–Trinajstić information content (AvgIpc) is 2.98. The number of rotatable bonds is 4. The molecule has 24 heavy (non-hydrogen) atoms. The predicted molar refractivity (Wildman–Crippen MR) is 92.0 cm³/mol. The minimum atomic E-state index is -0.384. The normalized spacial score (nSPS) is 17.0. The summed E-state index contributed by atoms with van der Waals surface area (Å²) in [5, 5.41) is 2.81. The number of hydrogen-bond acceptors (Lipinski definition) is 3. The molecule has 5 heteroatoms. The highest BCUT2D eigenvalue weighted by atomic mass is 16.2. The third kappa shape index (κ3) is 3.35. The first-order valence-electron chi connectivity index (χ1n) is 7.82. The van der Waals surface area contributed by atoms with Gasteiger partial charge in [-0.15, -0.1) is 0 Å². The minimum absolute atomic E-state index is 0.0206. The van der Waals surface area contributed by atoms with Gasteiger partial charge >= 0.3 is 0 Å². The summed E-state index contributed by atoms with van der Waals surface area (Å²) in [6, 6.07) is 16.1. The first-order valence-corrected chi connectivity index (χ1v) is 7.82. The average molecular weight is 322 g/mol. The van der Waals surface area contributed by atoms with Crippen molar-refractivity contribution in [3.63, 3.8) is 0 Å². The third-order valence-electron chi connectivity index (χ3n) is 4.12. The van der Waals surface area contributed by atoms with Crippen molar-refractivity contribution in [3.05, 3.63) is 60.2 Å². The van der Waals surface area contributed by atoms with Crippen molar-refractivity contribution in [2.45, 2.75) is 13.3 Å². The Bertz CT molecular complexity index is 769. The maximum atomic E-state index is 12.4. The summed E-state index contributed by atoms with van der Waals surface area (Å²) >= 11 is 0. The zero-order valence-corrected chi connectivity index (χ0v) is 13.4. The number of carbonyl (C=O) groups is 3. The van der Waals surface area contributed by atoms with Crippen LogP contribution in [0, 0.1) is 5.92 Å². The van der Waals surface area contributed by atoms with Crippen molar-refractivity contribution in [1.29, 1.82) is 0 Å². The molecule has 0 spiro atoms. The molecule has 1 atom stereocenters. The fourth-order valence-electron chi connectivity index (χ4n) is 2.77. The van der Waals surface area contributed by atoms with E-state index in [-0.39, 0.29) is 29.9 Å². The minimum Gasteiger partial charge on any atom is -0.326 e. The van der Waals surface area contributed by atoms with Crippen LogP contribution in [0.2, 0.25) is 0 Å². The largest absolute Gasteiger partial charge is 0.326 e. The molecule has 1 N–H and O–H groups in total. The molecule has 2 aromatic carbocycles. The molecular formula is C19H18N2O3. The van der Waals surface area contributed by atoms with E-state index >= 15 is 0 Å². The van der Waals surface area contributed by atoms with Gasteiger partial charge in [0.05, 0.1) is 5.92 Å².